The SMILES string of the molecule is Cc1ccc([C@@H]2OC[C@@]3(C)C4C[C@H](OC(=O)c5ccc(C#N)cc5)[C@@]5(C)Oc6cc(-c7cccnc7)oc(=O)c6C(O)C5[C@@]4(C)CC[C@@H]3O2)cc1. The van der Waals surface area contributed by atoms with Crippen molar-refractivity contribution in [2.75, 3.05) is 6.61 Å². The number of aromatic nitrogens is 1. The molecule has 1 N–H and O–H groups in total. The number of pyridine rings is 1. The van der Waals surface area contributed by atoms with Gasteiger partial charge in [0.05, 0.1) is 36.0 Å². The maximum atomic E-state index is 13.8. The average molecular weight is 689 g/mol. The number of carbonyl (C=O) groups is 1. The summed E-state index contributed by atoms with van der Waals surface area (Å²) in [5.74, 6) is -0.979. The van der Waals surface area contributed by atoms with Crippen molar-refractivity contribution in [3.05, 3.63) is 117 Å². The zero-order chi connectivity index (χ0) is 35.7. The molecule has 2 aliphatic heterocycles. The molecule has 9 atom stereocenters. The number of fused-ring (bicyclic) bond motifs is 6. The van der Waals surface area contributed by atoms with Crippen LogP contribution in [0.5, 0.6) is 5.75 Å². The highest BCUT2D eigenvalue weighted by molar-refractivity contribution is 5.89. The van der Waals surface area contributed by atoms with Crippen LogP contribution in [0.4, 0.5) is 0 Å². The van der Waals surface area contributed by atoms with Crippen molar-refractivity contribution in [2.24, 2.45) is 22.7 Å². The normalized spacial score (nSPS) is 33.6. The van der Waals surface area contributed by atoms with E-state index in [1.807, 2.05) is 38.1 Å². The van der Waals surface area contributed by atoms with E-state index < -0.39 is 52.4 Å². The van der Waals surface area contributed by atoms with Crippen molar-refractivity contribution in [3.8, 4) is 23.1 Å². The number of hydrogen-bond donors (Lipinski definition) is 1. The molecule has 3 unspecified atom stereocenters. The zero-order valence-corrected chi connectivity index (χ0v) is 29.0. The van der Waals surface area contributed by atoms with E-state index in [0.717, 1.165) is 11.1 Å². The fourth-order valence-electron chi connectivity index (χ4n) is 9.63. The first kappa shape index (κ1) is 33.3. The van der Waals surface area contributed by atoms with Gasteiger partial charge in [-0.2, -0.15) is 5.26 Å². The molecular weight excluding hydrogens is 648 g/mol. The van der Waals surface area contributed by atoms with Crippen molar-refractivity contribution in [1.29, 1.82) is 5.26 Å². The zero-order valence-electron chi connectivity index (χ0n) is 29.0. The van der Waals surface area contributed by atoms with Crippen LogP contribution in [-0.2, 0) is 14.2 Å². The first-order valence-corrected chi connectivity index (χ1v) is 17.4. The van der Waals surface area contributed by atoms with E-state index in [0.29, 0.717) is 37.0 Å². The van der Waals surface area contributed by atoms with Gasteiger partial charge in [-0.25, -0.2) is 9.59 Å². The number of benzene rings is 2. The third-order valence-corrected chi connectivity index (χ3v) is 12.2. The van der Waals surface area contributed by atoms with Gasteiger partial charge in [0.15, 0.2) is 6.29 Å². The monoisotopic (exact) mass is 688 g/mol. The minimum absolute atomic E-state index is 0.0482. The Balaban J connectivity index is 1.20. The Kier molecular flexibility index (Phi) is 7.94. The van der Waals surface area contributed by atoms with Gasteiger partial charge in [0.25, 0.3) is 0 Å². The van der Waals surface area contributed by atoms with Crippen LogP contribution in [0.15, 0.2) is 88.3 Å². The smallest absolute Gasteiger partial charge is 0.345 e. The molecule has 262 valence electrons. The number of nitriles is 1. The lowest BCUT2D eigenvalue weighted by Crippen LogP contribution is -2.71. The van der Waals surface area contributed by atoms with Gasteiger partial charge >= 0.3 is 11.6 Å². The van der Waals surface area contributed by atoms with E-state index in [9.17, 15) is 20.0 Å². The van der Waals surface area contributed by atoms with E-state index >= 15 is 0 Å². The van der Waals surface area contributed by atoms with E-state index in [-0.39, 0.29) is 34.7 Å². The van der Waals surface area contributed by atoms with Crippen LogP contribution in [-0.4, -0.2) is 40.5 Å². The summed E-state index contributed by atoms with van der Waals surface area (Å²) in [6, 6.07) is 21.6. The minimum atomic E-state index is -1.28. The van der Waals surface area contributed by atoms with E-state index in [1.54, 1.807) is 54.9 Å². The van der Waals surface area contributed by atoms with Crippen LogP contribution >= 0.6 is 0 Å². The Morgan fingerprint density at radius 3 is 2.53 bits per heavy atom. The molecule has 0 radical (unpaired) electrons. The summed E-state index contributed by atoms with van der Waals surface area (Å²) in [6.07, 6.45) is 2.17. The second-order valence-electron chi connectivity index (χ2n) is 15.2. The Morgan fingerprint density at radius 2 is 1.82 bits per heavy atom. The fraction of sp³-hybridized carbons (Fsp3) is 0.415. The highest BCUT2D eigenvalue weighted by atomic mass is 16.7. The lowest BCUT2D eigenvalue weighted by molar-refractivity contribution is -0.330. The molecule has 3 fully saturated rings. The predicted molar refractivity (Wildman–Crippen MR) is 184 cm³/mol. The maximum Gasteiger partial charge on any atom is 0.345 e. The van der Waals surface area contributed by atoms with Crippen LogP contribution in [0.2, 0.25) is 0 Å². The molecule has 2 saturated carbocycles. The largest absolute Gasteiger partial charge is 0.482 e. The summed E-state index contributed by atoms with van der Waals surface area (Å²) in [5.41, 5.74) is 0.387. The van der Waals surface area contributed by atoms with Crippen molar-refractivity contribution >= 4 is 5.97 Å². The molecule has 0 spiro atoms. The molecule has 1 saturated heterocycles. The van der Waals surface area contributed by atoms with Crippen LogP contribution in [0.25, 0.3) is 11.3 Å². The van der Waals surface area contributed by atoms with Gasteiger partial charge < -0.3 is 28.5 Å². The topological polar surface area (TPSA) is 141 Å². The number of ether oxygens (including phenoxy) is 4. The Morgan fingerprint density at radius 1 is 1.06 bits per heavy atom. The number of nitrogens with zero attached hydrogens (tertiary/aromatic N) is 2. The second kappa shape index (κ2) is 12.2. The number of rotatable bonds is 4. The Bertz CT molecular complexity index is 2080. The number of esters is 1. The lowest BCUT2D eigenvalue weighted by atomic mass is 9.42. The fourth-order valence-corrected chi connectivity index (χ4v) is 9.63. The second-order valence-corrected chi connectivity index (χ2v) is 15.2. The van der Waals surface area contributed by atoms with Gasteiger partial charge in [-0.1, -0.05) is 43.7 Å². The summed E-state index contributed by atoms with van der Waals surface area (Å²) in [7, 11) is 0. The summed E-state index contributed by atoms with van der Waals surface area (Å²) < 4.78 is 32.2. The molecule has 0 amide bonds. The van der Waals surface area contributed by atoms with Crippen LogP contribution in [0.3, 0.4) is 0 Å². The molecule has 8 rings (SSSR count). The van der Waals surface area contributed by atoms with Gasteiger partial charge in [0, 0.05) is 40.9 Å². The molecule has 4 aromatic rings. The van der Waals surface area contributed by atoms with Crippen molar-refractivity contribution in [2.45, 2.75) is 77.2 Å². The Hall–Kier alpha value is -4.82. The van der Waals surface area contributed by atoms with Crippen molar-refractivity contribution < 1.29 is 33.3 Å². The van der Waals surface area contributed by atoms with Crippen LogP contribution < -0.4 is 10.4 Å². The van der Waals surface area contributed by atoms with Crippen molar-refractivity contribution in [3.63, 3.8) is 0 Å². The van der Waals surface area contributed by atoms with Gasteiger partial charge in [-0.15, -0.1) is 0 Å². The average Bonchev–Trinajstić information content (AvgIpc) is 3.12. The molecule has 10 nitrogen and oxygen atoms in total. The lowest BCUT2D eigenvalue weighted by Gasteiger charge is -2.67. The minimum Gasteiger partial charge on any atom is -0.482 e. The first-order chi connectivity index (χ1) is 24.4. The molecule has 2 aliphatic carbocycles. The van der Waals surface area contributed by atoms with Gasteiger partial charge in [0.2, 0.25) is 0 Å². The summed E-state index contributed by atoms with van der Waals surface area (Å²) in [6.45, 7) is 8.61. The molecule has 10 heteroatoms. The van der Waals surface area contributed by atoms with Crippen LogP contribution in [0, 0.1) is 40.9 Å². The number of aliphatic hydroxyl groups is 1. The molecule has 4 heterocycles. The number of carbonyl (C=O) groups excluding carboxylic acids is 1. The molecule has 51 heavy (non-hydrogen) atoms. The van der Waals surface area contributed by atoms with E-state index in [4.69, 9.17) is 23.4 Å². The van der Waals surface area contributed by atoms with E-state index in [2.05, 4.69) is 24.9 Å². The van der Waals surface area contributed by atoms with Gasteiger partial charge in [-0.3, -0.25) is 4.98 Å². The summed E-state index contributed by atoms with van der Waals surface area (Å²) >= 11 is 0. The predicted octanol–water partition coefficient (Wildman–Crippen LogP) is 6.85. The van der Waals surface area contributed by atoms with Gasteiger partial charge in [0.1, 0.15) is 28.8 Å². The highest BCUT2D eigenvalue weighted by Crippen LogP contribution is 2.68. The third kappa shape index (κ3) is 5.29. The van der Waals surface area contributed by atoms with Crippen LogP contribution in [0.1, 0.15) is 85.0 Å². The number of aliphatic hydroxyl groups excluding tert-OH is 1. The standard InChI is InChI=1S/C41H40N2O8/c1-23-7-11-26(12-8-23)38-47-22-40(3)30-19-32(49-36(45)25-13-9-24(20-42)10-14-25)41(4)35(39(30,2)16-15-31(40)50-38)34(44)33-29(51-41)18-28(48-37(33)46)27-6-5-17-43-21-27/h5-14,17-18,21,30-32,34-35,38,44H,15-16,19,22H2,1-4H3/t30?,31-,32-,34?,35?,38+,39-,40-,41+/m0/s1. The highest BCUT2D eigenvalue weighted by Gasteiger charge is 2.71. The molecule has 4 aliphatic rings. The summed E-state index contributed by atoms with van der Waals surface area (Å²) in [4.78, 5) is 31.7. The molecule has 2 aromatic carbocycles. The third-order valence-electron chi connectivity index (χ3n) is 12.2. The summed E-state index contributed by atoms with van der Waals surface area (Å²) in [5, 5.41) is 21.7. The first-order valence-electron chi connectivity index (χ1n) is 17.4. The molecular formula is C41H40N2O8. The molecule has 0 bridgehead atoms. The van der Waals surface area contributed by atoms with E-state index in [1.165, 1.54) is 0 Å². The molecule has 2 aromatic heterocycles. The van der Waals surface area contributed by atoms with Gasteiger partial charge in [-0.05, 0) is 80.8 Å². The maximum absolute atomic E-state index is 13.8. The number of aryl methyl sites for hydroxylation is 1. The number of hydrogen-bond acceptors (Lipinski definition) is 10. The quantitative estimate of drug-likeness (QED) is 0.226. The van der Waals surface area contributed by atoms with Crippen molar-refractivity contribution in [1.82, 2.24) is 4.98 Å². The Labute approximate surface area is 296 Å².